The Balaban J connectivity index is 1.39. The largest absolute Gasteiger partial charge is 0.484 e. The molecule has 0 aliphatic carbocycles. The molecule has 0 saturated carbocycles. The highest BCUT2D eigenvalue weighted by Gasteiger charge is 2.25. The van der Waals surface area contributed by atoms with Gasteiger partial charge in [-0.1, -0.05) is 30.3 Å². The number of anilines is 2. The Morgan fingerprint density at radius 3 is 2.70 bits per heavy atom. The summed E-state index contributed by atoms with van der Waals surface area (Å²) < 4.78 is 5.62. The fourth-order valence-corrected chi connectivity index (χ4v) is 3.41. The van der Waals surface area contributed by atoms with Gasteiger partial charge in [0, 0.05) is 17.9 Å². The van der Waals surface area contributed by atoms with Crippen molar-refractivity contribution in [2.75, 3.05) is 23.4 Å². The van der Waals surface area contributed by atoms with Gasteiger partial charge in [-0.2, -0.15) is 0 Å². The van der Waals surface area contributed by atoms with Crippen LogP contribution >= 0.6 is 0 Å². The first kappa shape index (κ1) is 17.1. The van der Waals surface area contributed by atoms with Crippen LogP contribution in [-0.2, 0) is 16.0 Å². The van der Waals surface area contributed by atoms with Crippen LogP contribution in [0.3, 0.4) is 0 Å². The van der Waals surface area contributed by atoms with Gasteiger partial charge in [0.15, 0.2) is 6.61 Å². The molecule has 2 amide bonds. The second-order valence-electron chi connectivity index (χ2n) is 6.50. The molecule has 136 valence electrons. The van der Waals surface area contributed by atoms with Crippen LogP contribution in [0.25, 0.3) is 10.8 Å². The molecule has 1 heterocycles. The van der Waals surface area contributed by atoms with Gasteiger partial charge < -0.3 is 15.0 Å². The summed E-state index contributed by atoms with van der Waals surface area (Å²) in [6.45, 7) is 2.53. The summed E-state index contributed by atoms with van der Waals surface area (Å²) in [4.78, 5) is 25.9. The number of carbonyl (C=O) groups excluding carboxylic acids is 2. The van der Waals surface area contributed by atoms with E-state index in [1.165, 1.54) is 0 Å². The fraction of sp³-hybridized carbons (Fsp3) is 0.182. The van der Waals surface area contributed by atoms with Crippen LogP contribution in [0.2, 0.25) is 0 Å². The summed E-state index contributed by atoms with van der Waals surface area (Å²) in [5, 5.41) is 5.03. The van der Waals surface area contributed by atoms with Crippen LogP contribution in [0.5, 0.6) is 5.75 Å². The zero-order valence-electron chi connectivity index (χ0n) is 15.1. The number of hydrogen-bond acceptors (Lipinski definition) is 3. The van der Waals surface area contributed by atoms with Gasteiger partial charge in [-0.25, -0.2) is 0 Å². The highest BCUT2D eigenvalue weighted by molar-refractivity contribution is 6.02. The van der Waals surface area contributed by atoms with Crippen molar-refractivity contribution in [1.29, 1.82) is 0 Å². The lowest BCUT2D eigenvalue weighted by Gasteiger charge is -2.15. The van der Waals surface area contributed by atoms with Crippen molar-refractivity contribution in [1.82, 2.24) is 0 Å². The molecule has 27 heavy (non-hydrogen) atoms. The van der Waals surface area contributed by atoms with Crippen molar-refractivity contribution < 1.29 is 14.3 Å². The van der Waals surface area contributed by atoms with E-state index in [1.54, 1.807) is 4.90 Å². The molecule has 0 atom stereocenters. The summed E-state index contributed by atoms with van der Waals surface area (Å²) in [6, 6.07) is 19.3. The predicted molar refractivity (Wildman–Crippen MR) is 106 cm³/mol. The van der Waals surface area contributed by atoms with E-state index < -0.39 is 0 Å². The lowest BCUT2D eigenvalue weighted by atomic mass is 10.1. The third-order valence-corrected chi connectivity index (χ3v) is 4.70. The van der Waals surface area contributed by atoms with E-state index in [1.807, 2.05) is 67.6 Å². The topological polar surface area (TPSA) is 58.6 Å². The molecule has 3 aromatic rings. The van der Waals surface area contributed by atoms with Gasteiger partial charge in [-0.15, -0.1) is 0 Å². The Kier molecular flexibility index (Phi) is 4.50. The average Bonchev–Trinajstić information content (AvgIpc) is 3.00. The smallest absolute Gasteiger partial charge is 0.262 e. The van der Waals surface area contributed by atoms with E-state index in [0.29, 0.717) is 24.4 Å². The first-order chi connectivity index (χ1) is 13.1. The molecule has 3 aromatic carbocycles. The van der Waals surface area contributed by atoms with Crippen LogP contribution in [0.1, 0.15) is 12.5 Å². The van der Waals surface area contributed by atoms with Crippen LogP contribution in [-0.4, -0.2) is 25.0 Å². The number of benzene rings is 3. The van der Waals surface area contributed by atoms with Gasteiger partial charge in [0.2, 0.25) is 5.91 Å². The standard InChI is InChI=1S/C22H20N2O3/c1-2-24-20-10-8-18(11-17(20)13-22(24)26)23-21(25)14-27-19-9-7-15-5-3-4-6-16(15)12-19/h3-12H,2,13-14H2,1H3,(H,23,25). The molecule has 5 heteroatoms. The van der Waals surface area contributed by atoms with Crippen molar-refractivity contribution >= 4 is 34.0 Å². The van der Waals surface area contributed by atoms with E-state index in [-0.39, 0.29) is 18.4 Å². The Bertz CT molecular complexity index is 1030. The Hall–Kier alpha value is -3.34. The van der Waals surface area contributed by atoms with Crippen molar-refractivity contribution in [2.24, 2.45) is 0 Å². The van der Waals surface area contributed by atoms with Gasteiger partial charge in [-0.05, 0) is 53.6 Å². The molecule has 0 fully saturated rings. The second kappa shape index (κ2) is 7.11. The average molecular weight is 360 g/mol. The monoisotopic (exact) mass is 360 g/mol. The van der Waals surface area contributed by atoms with Crippen LogP contribution < -0.4 is 15.0 Å². The zero-order valence-corrected chi connectivity index (χ0v) is 15.1. The van der Waals surface area contributed by atoms with Gasteiger partial charge >= 0.3 is 0 Å². The maximum atomic E-state index is 12.2. The first-order valence-electron chi connectivity index (χ1n) is 8.99. The Labute approximate surface area is 157 Å². The lowest BCUT2D eigenvalue weighted by Crippen LogP contribution is -2.25. The molecule has 0 spiro atoms. The van der Waals surface area contributed by atoms with E-state index in [2.05, 4.69) is 5.32 Å². The van der Waals surface area contributed by atoms with Gasteiger partial charge in [0.1, 0.15) is 5.75 Å². The Morgan fingerprint density at radius 1 is 1.07 bits per heavy atom. The first-order valence-corrected chi connectivity index (χ1v) is 8.99. The molecule has 0 saturated heterocycles. The number of rotatable bonds is 5. The summed E-state index contributed by atoms with van der Waals surface area (Å²) in [6.07, 6.45) is 0.375. The highest BCUT2D eigenvalue weighted by Crippen LogP contribution is 2.31. The molecule has 4 rings (SSSR count). The van der Waals surface area contributed by atoms with Crippen LogP contribution in [0, 0.1) is 0 Å². The molecule has 1 aliphatic heterocycles. The predicted octanol–water partition coefficient (Wildman–Crippen LogP) is 3.77. The minimum absolute atomic E-state index is 0.0740. The number of fused-ring (bicyclic) bond motifs is 2. The van der Waals surface area contributed by atoms with Crippen molar-refractivity contribution in [2.45, 2.75) is 13.3 Å². The molecular formula is C22H20N2O3. The number of likely N-dealkylation sites (N-methyl/N-ethyl adjacent to an activating group) is 1. The summed E-state index contributed by atoms with van der Waals surface area (Å²) >= 11 is 0. The molecule has 0 unspecified atom stereocenters. The van der Waals surface area contributed by atoms with E-state index in [4.69, 9.17) is 4.74 Å². The highest BCUT2D eigenvalue weighted by atomic mass is 16.5. The number of hydrogen-bond donors (Lipinski definition) is 1. The molecule has 0 bridgehead atoms. The van der Waals surface area contributed by atoms with Gasteiger partial charge in [-0.3, -0.25) is 9.59 Å². The summed E-state index contributed by atoms with van der Waals surface area (Å²) in [5.41, 5.74) is 2.54. The zero-order chi connectivity index (χ0) is 18.8. The molecule has 5 nitrogen and oxygen atoms in total. The second-order valence-corrected chi connectivity index (χ2v) is 6.50. The minimum atomic E-state index is -0.236. The molecule has 1 N–H and O–H groups in total. The number of nitrogens with zero attached hydrogens (tertiary/aromatic N) is 1. The van der Waals surface area contributed by atoms with Crippen LogP contribution in [0.4, 0.5) is 11.4 Å². The Morgan fingerprint density at radius 2 is 1.89 bits per heavy atom. The molecule has 0 radical (unpaired) electrons. The molecular weight excluding hydrogens is 340 g/mol. The van der Waals surface area contributed by atoms with Gasteiger partial charge in [0.25, 0.3) is 5.91 Å². The fourth-order valence-electron chi connectivity index (χ4n) is 3.41. The molecule has 0 aromatic heterocycles. The maximum absolute atomic E-state index is 12.2. The normalized spacial score (nSPS) is 12.9. The van der Waals surface area contributed by atoms with Crippen molar-refractivity contribution in [3.05, 3.63) is 66.2 Å². The van der Waals surface area contributed by atoms with E-state index in [9.17, 15) is 9.59 Å². The van der Waals surface area contributed by atoms with E-state index in [0.717, 1.165) is 22.0 Å². The van der Waals surface area contributed by atoms with Gasteiger partial charge in [0.05, 0.1) is 6.42 Å². The third kappa shape index (κ3) is 3.49. The number of ether oxygens (including phenoxy) is 1. The summed E-state index contributed by atoms with van der Waals surface area (Å²) in [7, 11) is 0. The third-order valence-electron chi connectivity index (χ3n) is 4.70. The minimum Gasteiger partial charge on any atom is -0.484 e. The maximum Gasteiger partial charge on any atom is 0.262 e. The quantitative estimate of drug-likeness (QED) is 0.754. The van der Waals surface area contributed by atoms with Crippen molar-refractivity contribution in [3.8, 4) is 5.75 Å². The van der Waals surface area contributed by atoms with E-state index >= 15 is 0 Å². The molecule has 1 aliphatic rings. The lowest BCUT2D eigenvalue weighted by molar-refractivity contribution is -0.118. The number of nitrogens with one attached hydrogen (secondary N) is 1. The van der Waals surface area contributed by atoms with Crippen molar-refractivity contribution in [3.63, 3.8) is 0 Å². The number of amides is 2. The number of carbonyl (C=O) groups is 2. The SMILES string of the molecule is CCN1C(=O)Cc2cc(NC(=O)COc3ccc4ccccc4c3)ccc21. The van der Waals surface area contributed by atoms with Crippen LogP contribution in [0.15, 0.2) is 60.7 Å². The summed E-state index contributed by atoms with van der Waals surface area (Å²) in [5.74, 6) is 0.511.